The summed E-state index contributed by atoms with van der Waals surface area (Å²) in [5, 5.41) is 17.7. The summed E-state index contributed by atoms with van der Waals surface area (Å²) >= 11 is 0. The van der Waals surface area contributed by atoms with E-state index in [2.05, 4.69) is 25.8 Å². The summed E-state index contributed by atoms with van der Waals surface area (Å²) in [4.78, 5) is 2.47. The van der Waals surface area contributed by atoms with Crippen LogP contribution in [0.25, 0.3) is 0 Å². The van der Waals surface area contributed by atoms with Crippen LogP contribution in [-0.2, 0) is 19.5 Å². The summed E-state index contributed by atoms with van der Waals surface area (Å²) in [5.41, 5.74) is 3.44. The Bertz CT molecular complexity index is 691. The highest BCUT2D eigenvalue weighted by atomic mass is 15.3. The van der Waals surface area contributed by atoms with Crippen LogP contribution in [-0.4, -0.2) is 37.6 Å². The normalized spacial score (nSPS) is 21.6. The van der Waals surface area contributed by atoms with E-state index in [9.17, 15) is 0 Å². The van der Waals surface area contributed by atoms with Crippen molar-refractivity contribution in [2.75, 3.05) is 13.1 Å². The number of aromatic nitrogens is 4. The van der Waals surface area contributed by atoms with Crippen LogP contribution in [0.1, 0.15) is 35.7 Å². The number of hydrogen-bond acceptors (Lipinski definition) is 4. The lowest BCUT2D eigenvalue weighted by Crippen LogP contribution is -2.21. The molecule has 1 atom stereocenters. The fraction of sp³-hybridized carbons (Fsp3) is 0.533. The lowest BCUT2D eigenvalue weighted by molar-refractivity contribution is 0.311. The second-order valence-corrected chi connectivity index (χ2v) is 5.94. The van der Waals surface area contributed by atoms with Gasteiger partial charge >= 0.3 is 0 Å². The van der Waals surface area contributed by atoms with Crippen LogP contribution in [0.3, 0.4) is 0 Å². The van der Waals surface area contributed by atoms with Gasteiger partial charge in [-0.05, 0) is 19.3 Å². The first-order valence-corrected chi connectivity index (χ1v) is 7.53. The lowest BCUT2D eigenvalue weighted by atomic mass is 10.2. The molecule has 0 N–H and O–H groups in total. The van der Waals surface area contributed by atoms with Crippen LogP contribution in [0.5, 0.6) is 0 Å². The molecule has 0 spiro atoms. The predicted octanol–water partition coefficient (Wildman–Crippen LogP) is 1.34. The van der Waals surface area contributed by atoms with E-state index in [4.69, 9.17) is 5.26 Å². The third-order valence-corrected chi connectivity index (χ3v) is 4.56. The molecule has 1 saturated heterocycles. The highest BCUT2D eigenvalue weighted by Gasteiger charge is 2.26. The molecule has 21 heavy (non-hydrogen) atoms. The Hall–Kier alpha value is -2.13. The lowest BCUT2D eigenvalue weighted by Gasteiger charge is -2.16. The molecule has 2 aromatic rings. The van der Waals surface area contributed by atoms with Gasteiger partial charge in [0.1, 0.15) is 6.07 Å². The number of hydrogen-bond donors (Lipinski definition) is 0. The van der Waals surface area contributed by atoms with Gasteiger partial charge in [0.2, 0.25) is 0 Å². The molecule has 0 aromatic carbocycles. The monoisotopic (exact) mass is 282 g/mol. The Morgan fingerprint density at radius 3 is 3.10 bits per heavy atom. The van der Waals surface area contributed by atoms with Gasteiger partial charge in [-0.1, -0.05) is 0 Å². The SMILES string of the molecule is N#Cc1cnn(C2CCN(Cc3cnn4c3CCC4)C2)c1. The minimum absolute atomic E-state index is 0.385. The molecule has 6 nitrogen and oxygen atoms in total. The van der Waals surface area contributed by atoms with Crippen LogP contribution in [0.2, 0.25) is 0 Å². The van der Waals surface area contributed by atoms with Gasteiger partial charge in [0.25, 0.3) is 0 Å². The van der Waals surface area contributed by atoms with Gasteiger partial charge < -0.3 is 0 Å². The third kappa shape index (κ3) is 2.24. The number of aryl methyl sites for hydroxylation is 1. The first-order valence-electron chi connectivity index (χ1n) is 7.53. The molecule has 0 bridgehead atoms. The van der Waals surface area contributed by atoms with Crippen LogP contribution < -0.4 is 0 Å². The quantitative estimate of drug-likeness (QED) is 0.852. The second-order valence-electron chi connectivity index (χ2n) is 5.94. The van der Waals surface area contributed by atoms with Gasteiger partial charge in [-0.2, -0.15) is 15.5 Å². The van der Waals surface area contributed by atoms with E-state index in [0.29, 0.717) is 11.6 Å². The van der Waals surface area contributed by atoms with Gasteiger partial charge in [-0.25, -0.2) is 0 Å². The zero-order valence-corrected chi connectivity index (χ0v) is 11.9. The standard InChI is InChI=1S/C15H18N6/c16-6-12-7-17-21(9-12)14-3-5-19(11-14)10-13-8-18-20-4-1-2-15(13)20/h7-9,14H,1-5,10-11H2. The number of likely N-dealkylation sites (tertiary alicyclic amines) is 1. The Morgan fingerprint density at radius 2 is 2.24 bits per heavy atom. The van der Waals surface area contributed by atoms with E-state index < -0.39 is 0 Å². The smallest absolute Gasteiger partial charge is 0.102 e. The number of rotatable bonds is 3. The van der Waals surface area contributed by atoms with Crippen LogP contribution in [0.4, 0.5) is 0 Å². The van der Waals surface area contributed by atoms with Crippen LogP contribution in [0.15, 0.2) is 18.6 Å². The van der Waals surface area contributed by atoms with Crippen molar-refractivity contribution in [3.63, 3.8) is 0 Å². The van der Waals surface area contributed by atoms with Crippen LogP contribution in [0, 0.1) is 11.3 Å². The third-order valence-electron chi connectivity index (χ3n) is 4.56. The molecule has 1 unspecified atom stereocenters. The molecule has 108 valence electrons. The minimum Gasteiger partial charge on any atom is -0.297 e. The first-order chi connectivity index (χ1) is 10.3. The zero-order chi connectivity index (χ0) is 14.2. The molecular weight excluding hydrogens is 264 g/mol. The summed E-state index contributed by atoms with van der Waals surface area (Å²) < 4.78 is 4.09. The molecule has 0 saturated carbocycles. The molecule has 0 amide bonds. The van der Waals surface area contributed by atoms with E-state index in [-0.39, 0.29) is 0 Å². The summed E-state index contributed by atoms with van der Waals surface area (Å²) in [6.45, 7) is 4.13. The zero-order valence-electron chi connectivity index (χ0n) is 11.9. The van der Waals surface area contributed by atoms with Crippen LogP contribution >= 0.6 is 0 Å². The molecule has 6 heteroatoms. The average Bonchev–Trinajstić information content (AvgIpc) is 3.25. The van der Waals surface area contributed by atoms with Crippen molar-refractivity contribution in [2.45, 2.75) is 38.4 Å². The van der Waals surface area contributed by atoms with Crippen molar-refractivity contribution >= 4 is 0 Å². The van der Waals surface area contributed by atoms with Crippen molar-refractivity contribution in [3.05, 3.63) is 35.4 Å². The molecule has 4 heterocycles. The highest BCUT2D eigenvalue weighted by molar-refractivity contribution is 5.22. The van der Waals surface area contributed by atoms with E-state index in [1.54, 1.807) is 6.20 Å². The predicted molar refractivity (Wildman–Crippen MR) is 76.4 cm³/mol. The van der Waals surface area contributed by atoms with Gasteiger partial charge in [0.05, 0.1) is 24.0 Å². The van der Waals surface area contributed by atoms with Crippen molar-refractivity contribution in [1.82, 2.24) is 24.5 Å². The molecule has 2 aromatic heterocycles. The minimum atomic E-state index is 0.385. The highest BCUT2D eigenvalue weighted by Crippen LogP contribution is 2.25. The molecule has 0 radical (unpaired) electrons. The van der Waals surface area contributed by atoms with Crippen molar-refractivity contribution < 1.29 is 0 Å². The summed E-state index contributed by atoms with van der Waals surface area (Å²) in [7, 11) is 0. The van der Waals surface area contributed by atoms with E-state index in [1.807, 2.05) is 17.1 Å². The van der Waals surface area contributed by atoms with E-state index in [1.165, 1.54) is 17.7 Å². The number of nitriles is 1. The van der Waals surface area contributed by atoms with Crippen molar-refractivity contribution in [3.8, 4) is 6.07 Å². The molecule has 0 aliphatic carbocycles. The fourth-order valence-corrected chi connectivity index (χ4v) is 3.47. The molecule has 2 aliphatic heterocycles. The largest absolute Gasteiger partial charge is 0.297 e. The maximum Gasteiger partial charge on any atom is 0.102 e. The Balaban J connectivity index is 1.43. The molecule has 1 fully saturated rings. The summed E-state index contributed by atoms with van der Waals surface area (Å²) in [6.07, 6.45) is 9.01. The Labute approximate surface area is 123 Å². The molecular formula is C15H18N6. The first kappa shape index (κ1) is 12.6. The Kier molecular flexibility index (Phi) is 3.00. The molecule has 2 aliphatic rings. The maximum atomic E-state index is 8.88. The topological polar surface area (TPSA) is 62.7 Å². The average molecular weight is 282 g/mol. The fourth-order valence-electron chi connectivity index (χ4n) is 3.47. The number of nitrogens with zero attached hydrogens (tertiary/aromatic N) is 6. The summed E-state index contributed by atoms with van der Waals surface area (Å²) in [6, 6.07) is 2.52. The molecule has 4 rings (SSSR count). The van der Waals surface area contributed by atoms with Gasteiger partial charge in [0.15, 0.2) is 0 Å². The van der Waals surface area contributed by atoms with Crippen molar-refractivity contribution in [2.24, 2.45) is 0 Å². The Morgan fingerprint density at radius 1 is 1.29 bits per heavy atom. The van der Waals surface area contributed by atoms with Gasteiger partial charge in [-0.3, -0.25) is 14.3 Å². The second kappa shape index (κ2) is 5.01. The number of fused-ring (bicyclic) bond motifs is 1. The van der Waals surface area contributed by atoms with Gasteiger partial charge in [-0.15, -0.1) is 0 Å². The summed E-state index contributed by atoms with van der Waals surface area (Å²) in [5.74, 6) is 0. The van der Waals surface area contributed by atoms with Crippen molar-refractivity contribution in [1.29, 1.82) is 5.26 Å². The van der Waals surface area contributed by atoms with E-state index >= 15 is 0 Å². The maximum absolute atomic E-state index is 8.88. The van der Waals surface area contributed by atoms with Gasteiger partial charge in [0, 0.05) is 43.6 Å². The van der Waals surface area contributed by atoms with E-state index in [0.717, 1.165) is 39.0 Å².